The standard InChI is InChI=1S/C23H23F2N3O3S/c24-16-6-8-22(19(25)14-16)32(30,31)28-11-9-27(10-12-28)23(29)15-5-7-21-18(13-15)17-3-1-2-4-20(17)26-21/h5-8,13-14,26H,1-4,9-12H2. The van der Waals surface area contributed by atoms with Gasteiger partial charge in [0.25, 0.3) is 5.91 Å². The normalized spacial score (nSPS) is 17.5. The molecule has 1 aliphatic heterocycles. The summed E-state index contributed by atoms with van der Waals surface area (Å²) in [6.45, 7) is 0.494. The van der Waals surface area contributed by atoms with E-state index in [1.54, 1.807) is 11.0 Å². The molecular weight excluding hydrogens is 436 g/mol. The van der Waals surface area contributed by atoms with Crippen LogP contribution < -0.4 is 0 Å². The Morgan fingerprint density at radius 3 is 2.44 bits per heavy atom. The average molecular weight is 460 g/mol. The van der Waals surface area contributed by atoms with Gasteiger partial charge < -0.3 is 9.88 Å². The molecule has 9 heteroatoms. The van der Waals surface area contributed by atoms with E-state index in [2.05, 4.69) is 4.98 Å². The fourth-order valence-corrected chi connectivity index (χ4v) is 6.14. The van der Waals surface area contributed by atoms with Crippen LogP contribution in [0, 0.1) is 11.6 Å². The maximum Gasteiger partial charge on any atom is 0.253 e. The zero-order valence-electron chi connectivity index (χ0n) is 17.4. The van der Waals surface area contributed by atoms with E-state index in [1.807, 2.05) is 12.1 Å². The molecular formula is C23H23F2N3O3S. The first kappa shape index (κ1) is 21.1. The quantitative estimate of drug-likeness (QED) is 0.652. The molecule has 0 spiro atoms. The summed E-state index contributed by atoms with van der Waals surface area (Å²) in [6.07, 6.45) is 4.34. The number of H-pyrrole nitrogens is 1. The summed E-state index contributed by atoms with van der Waals surface area (Å²) in [5.41, 5.74) is 4.15. The number of piperazine rings is 1. The number of halogens is 2. The van der Waals surface area contributed by atoms with Gasteiger partial charge in [0.05, 0.1) is 0 Å². The maximum atomic E-state index is 14.0. The predicted octanol–water partition coefficient (Wildman–Crippen LogP) is 3.47. The van der Waals surface area contributed by atoms with Gasteiger partial charge in [0.2, 0.25) is 10.0 Å². The van der Waals surface area contributed by atoms with Gasteiger partial charge in [0, 0.05) is 54.4 Å². The van der Waals surface area contributed by atoms with E-state index in [9.17, 15) is 22.0 Å². The second-order valence-corrected chi connectivity index (χ2v) is 10.2. The number of sulfonamides is 1. The lowest BCUT2D eigenvalue weighted by Gasteiger charge is -2.34. The Hall–Kier alpha value is -2.78. The lowest BCUT2D eigenvalue weighted by atomic mass is 9.95. The Kier molecular flexibility index (Phi) is 5.25. The number of hydrogen-bond acceptors (Lipinski definition) is 3. The third kappa shape index (κ3) is 3.59. The van der Waals surface area contributed by atoms with Gasteiger partial charge in [-0.1, -0.05) is 0 Å². The fraction of sp³-hybridized carbons (Fsp3) is 0.348. The van der Waals surface area contributed by atoms with Crippen LogP contribution in [0.3, 0.4) is 0 Å². The van der Waals surface area contributed by atoms with Crippen molar-refractivity contribution in [1.82, 2.24) is 14.2 Å². The Balaban J connectivity index is 1.32. The van der Waals surface area contributed by atoms with E-state index in [0.717, 1.165) is 46.6 Å². The summed E-state index contributed by atoms with van der Waals surface area (Å²) in [4.78, 5) is 17.6. The minimum absolute atomic E-state index is 0.0483. The number of fused-ring (bicyclic) bond motifs is 3. The summed E-state index contributed by atoms with van der Waals surface area (Å²) >= 11 is 0. The van der Waals surface area contributed by atoms with Crippen molar-refractivity contribution in [3.63, 3.8) is 0 Å². The molecule has 2 aromatic carbocycles. The number of carbonyl (C=O) groups is 1. The van der Waals surface area contributed by atoms with Crippen molar-refractivity contribution in [3.8, 4) is 0 Å². The first-order chi connectivity index (χ1) is 15.3. The van der Waals surface area contributed by atoms with Crippen LogP contribution in [0.5, 0.6) is 0 Å². The summed E-state index contributed by atoms with van der Waals surface area (Å²) in [5, 5.41) is 1.08. The predicted molar refractivity (Wildman–Crippen MR) is 116 cm³/mol. The number of aryl methyl sites for hydroxylation is 2. The molecule has 2 heterocycles. The van der Waals surface area contributed by atoms with Gasteiger partial charge in [-0.2, -0.15) is 4.31 Å². The lowest BCUT2D eigenvalue weighted by molar-refractivity contribution is 0.0698. The van der Waals surface area contributed by atoms with Crippen LogP contribution >= 0.6 is 0 Å². The Morgan fingerprint density at radius 1 is 0.938 bits per heavy atom. The molecule has 0 saturated carbocycles. The molecule has 1 saturated heterocycles. The lowest BCUT2D eigenvalue weighted by Crippen LogP contribution is -2.50. The van der Waals surface area contributed by atoms with Gasteiger partial charge in [0.15, 0.2) is 0 Å². The molecule has 6 nitrogen and oxygen atoms in total. The SMILES string of the molecule is O=C(c1ccc2[nH]c3c(c2c1)CCCC3)N1CCN(S(=O)(=O)c2ccc(F)cc2F)CC1. The zero-order valence-corrected chi connectivity index (χ0v) is 18.2. The van der Waals surface area contributed by atoms with E-state index in [1.165, 1.54) is 17.7 Å². The number of aromatic amines is 1. The van der Waals surface area contributed by atoms with E-state index in [0.29, 0.717) is 11.6 Å². The highest BCUT2D eigenvalue weighted by Gasteiger charge is 2.32. The van der Waals surface area contributed by atoms with Crippen LogP contribution in [0.4, 0.5) is 8.78 Å². The molecule has 2 aliphatic rings. The molecule has 0 bridgehead atoms. The van der Waals surface area contributed by atoms with Gasteiger partial charge in [-0.05, 0) is 61.6 Å². The number of carbonyl (C=O) groups excluding carboxylic acids is 1. The number of benzene rings is 2. The van der Waals surface area contributed by atoms with Crippen molar-refractivity contribution in [2.24, 2.45) is 0 Å². The van der Waals surface area contributed by atoms with Crippen LogP contribution in [-0.4, -0.2) is 54.7 Å². The number of nitrogens with zero attached hydrogens (tertiary/aromatic N) is 2. The minimum atomic E-state index is -4.11. The Labute approximate surface area is 184 Å². The van der Waals surface area contributed by atoms with Crippen molar-refractivity contribution < 1.29 is 22.0 Å². The molecule has 5 rings (SSSR count). The van der Waals surface area contributed by atoms with Crippen LogP contribution in [0.1, 0.15) is 34.5 Å². The van der Waals surface area contributed by atoms with Gasteiger partial charge in [-0.25, -0.2) is 17.2 Å². The Bertz CT molecular complexity index is 1310. The molecule has 32 heavy (non-hydrogen) atoms. The van der Waals surface area contributed by atoms with Gasteiger partial charge >= 0.3 is 0 Å². The molecule has 0 atom stereocenters. The van der Waals surface area contributed by atoms with Crippen LogP contribution in [0.2, 0.25) is 0 Å². The third-order valence-corrected chi connectivity index (χ3v) is 8.31. The van der Waals surface area contributed by atoms with Crippen molar-refractivity contribution >= 4 is 26.8 Å². The van der Waals surface area contributed by atoms with Crippen LogP contribution in [0.25, 0.3) is 10.9 Å². The topological polar surface area (TPSA) is 73.5 Å². The molecule has 0 radical (unpaired) electrons. The fourth-order valence-electron chi connectivity index (χ4n) is 4.68. The maximum absolute atomic E-state index is 14.0. The first-order valence-corrected chi connectivity index (χ1v) is 12.2. The molecule has 1 aliphatic carbocycles. The zero-order chi connectivity index (χ0) is 22.5. The number of nitrogens with one attached hydrogen (secondary N) is 1. The summed E-state index contributed by atoms with van der Waals surface area (Å²) < 4.78 is 53.9. The number of rotatable bonds is 3. The summed E-state index contributed by atoms with van der Waals surface area (Å²) in [5.74, 6) is -2.10. The average Bonchev–Trinajstić information content (AvgIpc) is 3.16. The van der Waals surface area contributed by atoms with Gasteiger partial charge in [0.1, 0.15) is 16.5 Å². The number of hydrogen-bond donors (Lipinski definition) is 1. The highest BCUT2D eigenvalue weighted by atomic mass is 32.2. The van der Waals surface area contributed by atoms with E-state index in [4.69, 9.17) is 0 Å². The van der Waals surface area contributed by atoms with Crippen LogP contribution in [0.15, 0.2) is 41.3 Å². The largest absolute Gasteiger partial charge is 0.358 e. The van der Waals surface area contributed by atoms with E-state index >= 15 is 0 Å². The number of aromatic nitrogens is 1. The second kappa shape index (κ2) is 7.97. The Morgan fingerprint density at radius 2 is 1.69 bits per heavy atom. The first-order valence-electron chi connectivity index (χ1n) is 10.7. The molecule has 3 aromatic rings. The smallest absolute Gasteiger partial charge is 0.253 e. The summed E-state index contributed by atoms with van der Waals surface area (Å²) in [7, 11) is -4.11. The molecule has 1 fully saturated rings. The highest BCUT2D eigenvalue weighted by Crippen LogP contribution is 2.30. The molecule has 0 unspecified atom stereocenters. The molecule has 1 aromatic heterocycles. The van der Waals surface area contributed by atoms with E-state index < -0.39 is 26.6 Å². The van der Waals surface area contributed by atoms with Crippen molar-refractivity contribution in [2.45, 2.75) is 30.6 Å². The van der Waals surface area contributed by atoms with Crippen molar-refractivity contribution in [2.75, 3.05) is 26.2 Å². The van der Waals surface area contributed by atoms with Crippen molar-refractivity contribution in [1.29, 1.82) is 0 Å². The monoisotopic (exact) mass is 459 g/mol. The van der Waals surface area contributed by atoms with Gasteiger partial charge in [-0.15, -0.1) is 0 Å². The van der Waals surface area contributed by atoms with Crippen LogP contribution in [-0.2, 0) is 22.9 Å². The molecule has 168 valence electrons. The van der Waals surface area contributed by atoms with Gasteiger partial charge in [-0.3, -0.25) is 4.79 Å². The molecule has 1 amide bonds. The summed E-state index contributed by atoms with van der Waals surface area (Å²) in [6, 6.07) is 8.07. The van der Waals surface area contributed by atoms with Crippen molar-refractivity contribution in [3.05, 3.63) is 64.9 Å². The number of amides is 1. The minimum Gasteiger partial charge on any atom is -0.358 e. The second-order valence-electron chi connectivity index (χ2n) is 8.32. The third-order valence-electron chi connectivity index (χ3n) is 6.38. The highest BCUT2D eigenvalue weighted by molar-refractivity contribution is 7.89. The van der Waals surface area contributed by atoms with E-state index in [-0.39, 0.29) is 32.1 Å². The molecule has 1 N–H and O–H groups in total.